The number of amides is 3. The van der Waals surface area contributed by atoms with Crippen molar-refractivity contribution in [1.82, 2.24) is 15.5 Å². The second-order valence-corrected chi connectivity index (χ2v) is 8.76. The fourth-order valence-electron chi connectivity index (χ4n) is 2.97. The summed E-state index contributed by atoms with van der Waals surface area (Å²) < 4.78 is 29.5. The van der Waals surface area contributed by atoms with Gasteiger partial charge in [0.1, 0.15) is 11.5 Å². The van der Waals surface area contributed by atoms with Crippen molar-refractivity contribution >= 4 is 27.6 Å². The summed E-state index contributed by atoms with van der Waals surface area (Å²) in [5.74, 6) is -1.22. The Labute approximate surface area is 164 Å². The van der Waals surface area contributed by atoms with Crippen molar-refractivity contribution in [1.29, 1.82) is 0 Å². The number of carbonyl (C=O) groups is 3. The molecule has 10 heteroatoms. The molecule has 1 aliphatic rings. The number of methoxy groups -OCH3 is 1. The van der Waals surface area contributed by atoms with Crippen LogP contribution in [0, 0.1) is 0 Å². The van der Waals surface area contributed by atoms with Crippen LogP contribution in [0.25, 0.3) is 0 Å². The van der Waals surface area contributed by atoms with Crippen molar-refractivity contribution in [2.24, 2.45) is 0 Å². The Bertz CT molecular complexity index is 831. The van der Waals surface area contributed by atoms with Gasteiger partial charge in [0.25, 0.3) is 5.91 Å². The number of nitrogens with zero attached hydrogens (tertiary/aromatic N) is 1. The van der Waals surface area contributed by atoms with E-state index in [-0.39, 0.29) is 38.4 Å². The van der Waals surface area contributed by atoms with Crippen LogP contribution in [-0.2, 0) is 19.4 Å². The third kappa shape index (κ3) is 5.69. The molecule has 0 radical (unpaired) electrons. The van der Waals surface area contributed by atoms with Crippen molar-refractivity contribution in [3.8, 4) is 5.75 Å². The van der Waals surface area contributed by atoms with E-state index in [9.17, 15) is 22.8 Å². The number of nitrogens with one attached hydrogen (secondary N) is 2. The molecule has 1 fully saturated rings. The van der Waals surface area contributed by atoms with Gasteiger partial charge in [0.15, 0.2) is 9.84 Å². The standard InChI is InChI=1S/C18H25N3O6S/c1-19-16(22)12-28(25,26)15-6-8-21(9-7-15)17(23)11-20-18(24)13-4-3-5-14(10-13)27-2/h3-5,10,15H,6-9,11-12H2,1-2H3,(H,19,22)(H,20,24). The van der Waals surface area contributed by atoms with E-state index in [0.29, 0.717) is 11.3 Å². The molecule has 1 aromatic carbocycles. The lowest BCUT2D eigenvalue weighted by Crippen LogP contribution is -2.47. The van der Waals surface area contributed by atoms with Crippen LogP contribution in [-0.4, -0.2) is 75.8 Å². The van der Waals surface area contributed by atoms with Crippen molar-refractivity contribution in [2.75, 3.05) is 39.5 Å². The van der Waals surface area contributed by atoms with E-state index in [1.165, 1.54) is 19.1 Å². The van der Waals surface area contributed by atoms with Gasteiger partial charge in [-0.25, -0.2) is 8.42 Å². The Kier molecular flexibility index (Phi) is 7.38. The zero-order valence-electron chi connectivity index (χ0n) is 15.9. The Morgan fingerprint density at radius 1 is 1.21 bits per heavy atom. The first-order valence-electron chi connectivity index (χ1n) is 8.89. The molecule has 1 heterocycles. The normalized spacial score (nSPS) is 15.0. The molecule has 28 heavy (non-hydrogen) atoms. The lowest BCUT2D eigenvalue weighted by molar-refractivity contribution is -0.131. The summed E-state index contributed by atoms with van der Waals surface area (Å²) in [5, 5.41) is 4.23. The van der Waals surface area contributed by atoms with E-state index < -0.39 is 32.7 Å². The highest BCUT2D eigenvalue weighted by molar-refractivity contribution is 7.92. The molecule has 2 rings (SSSR count). The monoisotopic (exact) mass is 411 g/mol. The SMILES string of the molecule is CNC(=O)CS(=O)(=O)C1CCN(C(=O)CNC(=O)c2cccc(OC)c2)CC1. The molecule has 9 nitrogen and oxygen atoms in total. The van der Waals surface area contributed by atoms with E-state index in [1.807, 2.05) is 0 Å². The van der Waals surface area contributed by atoms with Crippen LogP contribution in [0.1, 0.15) is 23.2 Å². The zero-order chi connectivity index (χ0) is 20.7. The van der Waals surface area contributed by atoms with E-state index in [0.717, 1.165) is 0 Å². The maximum Gasteiger partial charge on any atom is 0.251 e. The second kappa shape index (κ2) is 9.54. The van der Waals surface area contributed by atoms with Gasteiger partial charge in [-0.15, -0.1) is 0 Å². The molecule has 3 amide bonds. The lowest BCUT2D eigenvalue weighted by atomic mass is 10.1. The lowest BCUT2D eigenvalue weighted by Gasteiger charge is -2.31. The van der Waals surface area contributed by atoms with Crippen molar-refractivity contribution in [2.45, 2.75) is 18.1 Å². The highest BCUT2D eigenvalue weighted by atomic mass is 32.2. The maximum atomic E-state index is 12.3. The van der Waals surface area contributed by atoms with Crippen LogP contribution in [0.15, 0.2) is 24.3 Å². The molecule has 1 saturated heterocycles. The topological polar surface area (TPSA) is 122 Å². The van der Waals surface area contributed by atoms with Gasteiger partial charge >= 0.3 is 0 Å². The third-order valence-electron chi connectivity index (χ3n) is 4.65. The van der Waals surface area contributed by atoms with Gasteiger partial charge in [0, 0.05) is 25.7 Å². The van der Waals surface area contributed by atoms with Crippen molar-refractivity contribution < 1.29 is 27.5 Å². The predicted molar refractivity (Wildman–Crippen MR) is 103 cm³/mol. The van der Waals surface area contributed by atoms with Gasteiger partial charge in [-0.1, -0.05) is 6.07 Å². The predicted octanol–water partition coefficient (Wildman–Crippen LogP) is -0.423. The van der Waals surface area contributed by atoms with Crippen LogP contribution in [0.2, 0.25) is 0 Å². The van der Waals surface area contributed by atoms with Crippen LogP contribution in [0.3, 0.4) is 0 Å². The van der Waals surface area contributed by atoms with Crippen LogP contribution >= 0.6 is 0 Å². The first kappa shape index (κ1) is 21.7. The molecule has 1 aromatic rings. The van der Waals surface area contributed by atoms with Gasteiger partial charge < -0.3 is 20.3 Å². The Hall–Kier alpha value is -2.62. The average Bonchev–Trinajstić information content (AvgIpc) is 2.71. The minimum Gasteiger partial charge on any atom is -0.497 e. The first-order chi connectivity index (χ1) is 13.3. The smallest absolute Gasteiger partial charge is 0.251 e. The number of benzene rings is 1. The largest absolute Gasteiger partial charge is 0.497 e. The number of ether oxygens (including phenoxy) is 1. The molecule has 0 bridgehead atoms. The highest BCUT2D eigenvalue weighted by Gasteiger charge is 2.32. The van der Waals surface area contributed by atoms with Gasteiger partial charge in [0.05, 0.1) is 18.9 Å². The molecule has 0 aliphatic carbocycles. The molecule has 154 valence electrons. The third-order valence-corrected chi connectivity index (χ3v) is 6.80. The quantitative estimate of drug-likeness (QED) is 0.628. The second-order valence-electron chi connectivity index (χ2n) is 6.48. The summed E-state index contributed by atoms with van der Waals surface area (Å²) in [6, 6.07) is 6.58. The fourth-order valence-corrected chi connectivity index (χ4v) is 4.65. The summed E-state index contributed by atoms with van der Waals surface area (Å²) in [6.07, 6.45) is 0.545. The summed E-state index contributed by atoms with van der Waals surface area (Å²) in [7, 11) is -0.657. The van der Waals surface area contributed by atoms with Gasteiger partial charge in [0.2, 0.25) is 11.8 Å². The van der Waals surface area contributed by atoms with Crippen molar-refractivity contribution in [3.05, 3.63) is 29.8 Å². The first-order valence-corrected chi connectivity index (χ1v) is 10.6. The van der Waals surface area contributed by atoms with E-state index in [2.05, 4.69) is 10.6 Å². The number of hydrogen-bond acceptors (Lipinski definition) is 6. The molecular formula is C18H25N3O6S. The summed E-state index contributed by atoms with van der Waals surface area (Å²) in [5.41, 5.74) is 0.381. The minimum absolute atomic E-state index is 0.175. The number of hydrogen-bond donors (Lipinski definition) is 2. The number of piperidine rings is 1. The van der Waals surface area contributed by atoms with Gasteiger partial charge in [-0.05, 0) is 31.0 Å². The van der Waals surface area contributed by atoms with E-state index in [1.54, 1.807) is 24.3 Å². The average molecular weight is 411 g/mol. The molecule has 1 aliphatic heterocycles. The van der Waals surface area contributed by atoms with Gasteiger partial charge in [-0.2, -0.15) is 0 Å². The molecule has 0 saturated carbocycles. The molecule has 2 N–H and O–H groups in total. The molecule has 0 aromatic heterocycles. The molecule has 0 spiro atoms. The van der Waals surface area contributed by atoms with Gasteiger partial charge in [-0.3, -0.25) is 14.4 Å². The number of likely N-dealkylation sites (tertiary alicyclic amines) is 1. The molecular weight excluding hydrogens is 386 g/mol. The molecule has 0 atom stereocenters. The summed E-state index contributed by atoms with van der Waals surface area (Å²) >= 11 is 0. The summed E-state index contributed by atoms with van der Waals surface area (Å²) in [6.45, 7) is 0.364. The zero-order valence-corrected chi connectivity index (χ0v) is 16.8. The Morgan fingerprint density at radius 3 is 2.50 bits per heavy atom. The number of sulfone groups is 1. The van der Waals surface area contributed by atoms with E-state index in [4.69, 9.17) is 4.74 Å². The fraction of sp³-hybridized carbons (Fsp3) is 0.500. The summed E-state index contributed by atoms with van der Waals surface area (Å²) in [4.78, 5) is 37.3. The maximum absolute atomic E-state index is 12.3. The number of carbonyl (C=O) groups excluding carboxylic acids is 3. The highest BCUT2D eigenvalue weighted by Crippen LogP contribution is 2.19. The van der Waals surface area contributed by atoms with Crippen LogP contribution < -0.4 is 15.4 Å². The Morgan fingerprint density at radius 2 is 1.89 bits per heavy atom. The minimum atomic E-state index is -3.54. The molecule has 0 unspecified atom stereocenters. The Balaban J connectivity index is 1.83. The number of rotatable bonds is 7. The van der Waals surface area contributed by atoms with E-state index >= 15 is 0 Å². The van der Waals surface area contributed by atoms with Crippen LogP contribution in [0.4, 0.5) is 0 Å². The van der Waals surface area contributed by atoms with Crippen LogP contribution in [0.5, 0.6) is 5.75 Å². The van der Waals surface area contributed by atoms with Crippen molar-refractivity contribution in [3.63, 3.8) is 0 Å².